The third-order valence-electron chi connectivity index (χ3n) is 6.35. The van der Waals surface area contributed by atoms with E-state index in [-0.39, 0.29) is 18.5 Å². The molecule has 1 fully saturated rings. The number of nitrogens with one attached hydrogen (secondary N) is 1. The van der Waals surface area contributed by atoms with Gasteiger partial charge in [-0.1, -0.05) is 23.7 Å². The first-order valence-corrected chi connectivity index (χ1v) is 12.5. The van der Waals surface area contributed by atoms with Gasteiger partial charge in [0.2, 0.25) is 0 Å². The Morgan fingerprint density at radius 1 is 1.05 bits per heavy atom. The van der Waals surface area contributed by atoms with Crippen LogP contribution >= 0.6 is 11.6 Å². The van der Waals surface area contributed by atoms with Gasteiger partial charge < -0.3 is 24.4 Å². The van der Waals surface area contributed by atoms with Crippen LogP contribution in [0.1, 0.15) is 18.4 Å². The maximum Gasteiger partial charge on any atom is 0.145 e. The molecule has 0 radical (unpaired) electrons. The van der Waals surface area contributed by atoms with Gasteiger partial charge in [-0.05, 0) is 55.8 Å². The quantitative estimate of drug-likeness (QED) is 0.294. The molecule has 1 saturated heterocycles. The fourth-order valence-electron chi connectivity index (χ4n) is 4.34. The molecule has 0 bridgehead atoms. The predicted octanol–water partition coefficient (Wildman–Crippen LogP) is 6.23. The molecule has 0 amide bonds. The van der Waals surface area contributed by atoms with Crippen molar-refractivity contribution < 1.29 is 18.6 Å². The minimum absolute atomic E-state index is 0.100. The van der Waals surface area contributed by atoms with Gasteiger partial charge in [-0.15, -0.1) is 0 Å². The standard InChI is InChI=1S/C28H28ClFN4O3/c1-34-10-8-21(9-11-34)37-26-15-22(35-2)14-24-27(26)28(32-17-31-24)33-20-6-7-25(23(29)13-20)36-16-18-4-3-5-19(30)12-18/h3-7,12-15,17,21H,8-11,16H2,1-2H3,(H,31,32,33). The summed E-state index contributed by atoms with van der Waals surface area (Å²) in [5.41, 5.74) is 2.16. The number of anilines is 2. The lowest BCUT2D eigenvalue weighted by molar-refractivity contribution is 0.115. The lowest BCUT2D eigenvalue weighted by Gasteiger charge is -2.29. The second-order valence-corrected chi connectivity index (χ2v) is 9.46. The number of rotatable bonds is 8. The number of benzene rings is 3. The van der Waals surface area contributed by atoms with Gasteiger partial charge in [0.25, 0.3) is 0 Å². The molecule has 1 aliphatic rings. The highest BCUT2D eigenvalue weighted by Crippen LogP contribution is 2.37. The van der Waals surface area contributed by atoms with E-state index in [1.54, 1.807) is 31.4 Å². The second-order valence-electron chi connectivity index (χ2n) is 9.05. The van der Waals surface area contributed by atoms with Crippen LogP contribution < -0.4 is 19.5 Å². The summed E-state index contributed by atoms with van der Waals surface area (Å²) in [6.07, 6.45) is 3.49. The number of nitrogens with zero attached hydrogens (tertiary/aromatic N) is 3. The van der Waals surface area contributed by atoms with Crippen LogP contribution in [0.4, 0.5) is 15.9 Å². The highest BCUT2D eigenvalue weighted by molar-refractivity contribution is 6.32. The number of likely N-dealkylation sites (tertiary alicyclic amines) is 1. The van der Waals surface area contributed by atoms with Crippen molar-refractivity contribution in [2.24, 2.45) is 0 Å². The Balaban J connectivity index is 1.39. The van der Waals surface area contributed by atoms with Crippen molar-refractivity contribution in [2.45, 2.75) is 25.6 Å². The van der Waals surface area contributed by atoms with Gasteiger partial charge >= 0.3 is 0 Å². The van der Waals surface area contributed by atoms with E-state index in [0.717, 1.165) is 42.6 Å². The van der Waals surface area contributed by atoms with Gasteiger partial charge in [0.05, 0.1) is 23.0 Å². The Kier molecular flexibility index (Phi) is 7.58. The van der Waals surface area contributed by atoms with E-state index in [1.165, 1.54) is 18.5 Å². The van der Waals surface area contributed by atoms with Crippen molar-refractivity contribution in [3.05, 3.63) is 77.3 Å². The average molecular weight is 523 g/mol. The highest BCUT2D eigenvalue weighted by atomic mass is 35.5. The zero-order valence-corrected chi connectivity index (χ0v) is 21.5. The van der Waals surface area contributed by atoms with E-state index in [9.17, 15) is 4.39 Å². The largest absolute Gasteiger partial charge is 0.497 e. The van der Waals surface area contributed by atoms with Crippen molar-refractivity contribution in [1.29, 1.82) is 0 Å². The molecule has 0 aliphatic carbocycles. The molecule has 1 aliphatic heterocycles. The van der Waals surface area contributed by atoms with Crippen LogP contribution in [0.25, 0.3) is 10.9 Å². The van der Waals surface area contributed by atoms with Gasteiger partial charge in [0.15, 0.2) is 0 Å². The number of hydrogen-bond acceptors (Lipinski definition) is 7. The van der Waals surface area contributed by atoms with Crippen LogP contribution in [0.2, 0.25) is 5.02 Å². The van der Waals surface area contributed by atoms with Gasteiger partial charge in [-0.3, -0.25) is 0 Å². The molecule has 7 nitrogen and oxygen atoms in total. The van der Waals surface area contributed by atoms with E-state index in [0.29, 0.717) is 33.6 Å². The van der Waals surface area contributed by atoms with Crippen molar-refractivity contribution in [2.75, 3.05) is 32.6 Å². The maximum atomic E-state index is 13.4. The minimum Gasteiger partial charge on any atom is -0.497 e. The molecule has 2 heterocycles. The van der Waals surface area contributed by atoms with Gasteiger partial charge in [0, 0.05) is 30.9 Å². The molecular weight excluding hydrogens is 495 g/mol. The number of methoxy groups -OCH3 is 1. The summed E-state index contributed by atoms with van der Waals surface area (Å²) in [6.45, 7) is 2.18. The van der Waals surface area contributed by atoms with Crippen LogP contribution in [-0.2, 0) is 6.61 Å². The summed E-state index contributed by atoms with van der Waals surface area (Å²) in [4.78, 5) is 11.3. The number of hydrogen-bond donors (Lipinski definition) is 1. The van der Waals surface area contributed by atoms with Gasteiger partial charge in [0.1, 0.15) is 47.9 Å². The van der Waals surface area contributed by atoms with Crippen LogP contribution in [0.15, 0.2) is 60.9 Å². The Labute approximate surface area is 220 Å². The Morgan fingerprint density at radius 3 is 2.65 bits per heavy atom. The fourth-order valence-corrected chi connectivity index (χ4v) is 4.57. The first kappa shape index (κ1) is 25.0. The molecule has 37 heavy (non-hydrogen) atoms. The monoisotopic (exact) mass is 522 g/mol. The third-order valence-corrected chi connectivity index (χ3v) is 6.64. The van der Waals surface area contributed by atoms with Gasteiger partial charge in [-0.25, -0.2) is 14.4 Å². The Hall–Kier alpha value is -3.62. The summed E-state index contributed by atoms with van der Waals surface area (Å²) >= 11 is 6.51. The van der Waals surface area contributed by atoms with E-state index < -0.39 is 0 Å². The van der Waals surface area contributed by atoms with Crippen LogP contribution in [0, 0.1) is 5.82 Å². The molecular formula is C28H28ClFN4O3. The minimum atomic E-state index is -0.305. The molecule has 1 N–H and O–H groups in total. The van der Waals surface area contributed by atoms with Crippen molar-refractivity contribution in [3.63, 3.8) is 0 Å². The fraction of sp³-hybridized carbons (Fsp3) is 0.286. The van der Waals surface area contributed by atoms with Crippen LogP contribution in [0.3, 0.4) is 0 Å². The number of halogens is 2. The number of fused-ring (bicyclic) bond motifs is 1. The molecule has 0 spiro atoms. The molecule has 1 aromatic heterocycles. The predicted molar refractivity (Wildman–Crippen MR) is 143 cm³/mol. The molecule has 192 valence electrons. The van der Waals surface area contributed by atoms with Crippen molar-refractivity contribution in [3.8, 4) is 17.2 Å². The van der Waals surface area contributed by atoms with Gasteiger partial charge in [-0.2, -0.15) is 0 Å². The van der Waals surface area contributed by atoms with E-state index in [2.05, 4.69) is 27.2 Å². The van der Waals surface area contributed by atoms with Crippen LogP contribution in [-0.4, -0.2) is 48.2 Å². The maximum absolute atomic E-state index is 13.4. The highest BCUT2D eigenvalue weighted by Gasteiger charge is 2.21. The lowest BCUT2D eigenvalue weighted by Crippen LogP contribution is -2.35. The number of piperidine rings is 1. The topological polar surface area (TPSA) is 68.7 Å². The molecule has 9 heteroatoms. The smallest absolute Gasteiger partial charge is 0.145 e. The molecule has 4 aromatic rings. The SMILES string of the molecule is COc1cc(OC2CCN(C)CC2)c2c(Nc3ccc(OCc4cccc(F)c4)c(Cl)c3)ncnc2c1. The number of ether oxygens (including phenoxy) is 3. The first-order valence-electron chi connectivity index (χ1n) is 12.1. The Morgan fingerprint density at radius 2 is 1.89 bits per heavy atom. The van der Waals surface area contributed by atoms with E-state index in [1.807, 2.05) is 18.2 Å². The molecule has 0 atom stereocenters. The average Bonchev–Trinajstić information content (AvgIpc) is 2.89. The molecule has 0 unspecified atom stereocenters. The summed E-state index contributed by atoms with van der Waals surface area (Å²) in [5.74, 6) is 2.14. The second kappa shape index (κ2) is 11.2. The summed E-state index contributed by atoms with van der Waals surface area (Å²) in [5, 5.41) is 4.54. The first-order chi connectivity index (χ1) is 18.0. The summed E-state index contributed by atoms with van der Waals surface area (Å²) in [7, 11) is 3.75. The summed E-state index contributed by atoms with van der Waals surface area (Å²) in [6, 6.07) is 15.4. The Bertz CT molecular complexity index is 1400. The molecule has 5 rings (SSSR count). The van der Waals surface area contributed by atoms with Crippen molar-refractivity contribution >= 4 is 34.0 Å². The zero-order valence-electron chi connectivity index (χ0n) is 20.7. The van der Waals surface area contributed by atoms with Crippen LogP contribution in [0.5, 0.6) is 17.2 Å². The van der Waals surface area contributed by atoms with Crippen molar-refractivity contribution in [1.82, 2.24) is 14.9 Å². The van der Waals surface area contributed by atoms with E-state index >= 15 is 0 Å². The zero-order chi connectivity index (χ0) is 25.8. The normalized spacial score (nSPS) is 14.5. The molecule has 0 saturated carbocycles. The summed E-state index contributed by atoms with van der Waals surface area (Å²) < 4.78 is 31.2. The third kappa shape index (κ3) is 6.03. The molecule has 3 aromatic carbocycles. The van der Waals surface area contributed by atoms with E-state index in [4.69, 9.17) is 25.8 Å². The lowest BCUT2D eigenvalue weighted by atomic mass is 10.1. The number of aromatic nitrogens is 2.